The minimum atomic E-state index is -0.827. The first-order valence-electron chi connectivity index (χ1n) is 5.27. The van der Waals surface area contributed by atoms with Gasteiger partial charge in [-0.2, -0.15) is 0 Å². The van der Waals surface area contributed by atoms with E-state index in [9.17, 15) is 14.4 Å². The summed E-state index contributed by atoms with van der Waals surface area (Å²) in [4.78, 5) is 35.2. The number of rotatable bonds is 3. The average molecular weight is 229 g/mol. The zero-order chi connectivity index (χ0) is 12.1. The van der Waals surface area contributed by atoms with Gasteiger partial charge in [-0.05, 0) is 20.3 Å². The van der Waals surface area contributed by atoms with Crippen LogP contribution in [0.2, 0.25) is 0 Å². The number of imide groups is 1. The lowest BCUT2D eigenvalue weighted by atomic mass is 10.2. The molecule has 1 aliphatic heterocycles. The second kappa shape index (κ2) is 5.48. The number of carbonyl (C=O) groups is 3. The molecule has 1 rings (SSSR count). The van der Waals surface area contributed by atoms with E-state index in [0.29, 0.717) is 6.42 Å². The highest BCUT2D eigenvalue weighted by molar-refractivity contribution is 5.99. The van der Waals surface area contributed by atoms with Gasteiger partial charge in [-0.25, -0.2) is 14.5 Å². The highest BCUT2D eigenvalue weighted by Gasteiger charge is 2.42. The Morgan fingerprint density at radius 3 is 2.50 bits per heavy atom. The molecule has 90 valence electrons. The van der Waals surface area contributed by atoms with Crippen LogP contribution in [-0.4, -0.2) is 42.1 Å². The van der Waals surface area contributed by atoms with E-state index in [1.165, 1.54) is 0 Å². The van der Waals surface area contributed by atoms with Crippen molar-refractivity contribution < 1.29 is 23.9 Å². The van der Waals surface area contributed by atoms with Crippen molar-refractivity contribution in [1.82, 2.24) is 4.90 Å². The largest absolute Gasteiger partial charge is 0.464 e. The molecule has 0 aromatic heterocycles. The van der Waals surface area contributed by atoms with Gasteiger partial charge in [0.2, 0.25) is 5.91 Å². The second-order valence-electron chi connectivity index (χ2n) is 3.27. The maximum atomic E-state index is 11.5. The Bertz CT molecular complexity index is 302. The molecule has 1 saturated heterocycles. The minimum Gasteiger partial charge on any atom is -0.464 e. The number of hydrogen-bond donors (Lipinski definition) is 0. The monoisotopic (exact) mass is 229 g/mol. The summed E-state index contributed by atoms with van der Waals surface area (Å²) in [6.07, 6.45) is -0.304. The number of ether oxygens (including phenoxy) is 2. The summed E-state index contributed by atoms with van der Waals surface area (Å²) in [7, 11) is 0. The predicted octanol–water partition coefficient (Wildman–Crippen LogP) is 0.697. The van der Waals surface area contributed by atoms with Gasteiger partial charge in [0, 0.05) is 6.42 Å². The van der Waals surface area contributed by atoms with E-state index in [-0.39, 0.29) is 19.6 Å². The summed E-state index contributed by atoms with van der Waals surface area (Å²) < 4.78 is 9.51. The number of carbonyl (C=O) groups excluding carboxylic acids is 3. The summed E-state index contributed by atoms with van der Waals surface area (Å²) in [5.74, 6) is -0.946. The predicted molar refractivity (Wildman–Crippen MR) is 53.5 cm³/mol. The molecule has 0 saturated carbocycles. The van der Waals surface area contributed by atoms with E-state index in [1.54, 1.807) is 13.8 Å². The van der Waals surface area contributed by atoms with E-state index in [1.807, 2.05) is 0 Å². The summed E-state index contributed by atoms with van der Waals surface area (Å²) >= 11 is 0. The Labute approximate surface area is 93.5 Å². The molecule has 1 fully saturated rings. The van der Waals surface area contributed by atoms with Crippen molar-refractivity contribution in [3.05, 3.63) is 0 Å². The smallest absolute Gasteiger partial charge is 0.417 e. The Morgan fingerprint density at radius 2 is 1.94 bits per heavy atom. The highest BCUT2D eigenvalue weighted by atomic mass is 16.6. The molecule has 0 aromatic rings. The van der Waals surface area contributed by atoms with E-state index in [0.717, 1.165) is 4.90 Å². The van der Waals surface area contributed by atoms with Crippen molar-refractivity contribution in [3.8, 4) is 0 Å². The van der Waals surface area contributed by atoms with Crippen LogP contribution in [0.4, 0.5) is 4.79 Å². The number of likely N-dealkylation sites (tertiary alicyclic amines) is 1. The molecule has 0 N–H and O–H groups in total. The fourth-order valence-electron chi connectivity index (χ4n) is 1.57. The lowest BCUT2D eigenvalue weighted by molar-refractivity contribution is -0.150. The van der Waals surface area contributed by atoms with E-state index < -0.39 is 24.0 Å². The normalized spacial score (nSPS) is 19.8. The maximum absolute atomic E-state index is 11.5. The molecule has 1 heterocycles. The van der Waals surface area contributed by atoms with Crippen LogP contribution in [0.25, 0.3) is 0 Å². The van der Waals surface area contributed by atoms with Gasteiger partial charge in [-0.3, -0.25) is 4.79 Å². The number of amides is 2. The molecule has 0 unspecified atom stereocenters. The number of hydrogen-bond acceptors (Lipinski definition) is 5. The van der Waals surface area contributed by atoms with Crippen LogP contribution in [0.5, 0.6) is 0 Å². The molecule has 2 amide bonds. The minimum absolute atomic E-state index is 0.165. The third kappa shape index (κ3) is 2.50. The van der Waals surface area contributed by atoms with E-state index in [2.05, 4.69) is 0 Å². The molecule has 0 radical (unpaired) electrons. The lowest BCUT2D eigenvalue weighted by Gasteiger charge is -2.20. The van der Waals surface area contributed by atoms with Crippen molar-refractivity contribution in [1.29, 1.82) is 0 Å². The van der Waals surface area contributed by atoms with Gasteiger partial charge in [0.05, 0.1) is 13.2 Å². The third-order valence-electron chi connectivity index (χ3n) is 2.24. The summed E-state index contributed by atoms with van der Waals surface area (Å²) in [6, 6.07) is -0.827. The summed E-state index contributed by atoms with van der Waals surface area (Å²) in [5.41, 5.74) is 0. The molecule has 1 atom stereocenters. The van der Waals surface area contributed by atoms with E-state index in [4.69, 9.17) is 9.47 Å². The molecule has 0 bridgehead atoms. The van der Waals surface area contributed by atoms with Crippen LogP contribution in [-0.2, 0) is 19.1 Å². The number of esters is 1. The second-order valence-corrected chi connectivity index (χ2v) is 3.27. The average Bonchev–Trinajstić information content (AvgIpc) is 2.61. The van der Waals surface area contributed by atoms with Crippen LogP contribution < -0.4 is 0 Å². The Kier molecular flexibility index (Phi) is 4.28. The zero-order valence-electron chi connectivity index (χ0n) is 9.39. The lowest BCUT2D eigenvalue weighted by Crippen LogP contribution is -2.44. The fourth-order valence-corrected chi connectivity index (χ4v) is 1.57. The third-order valence-corrected chi connectivity index (χ3v) is 2.24. The van der Waals surface area contributed by atoms with Gasteiger partial charge >= 0.3 is 12.1 Å². The van der Waals surface area contributed by atoms with Crippen molar-refractivity contribution in [3.63, 3.8) is 0 Å². The molecule has 1 aliphatic rings. The standard InChI is InChI=1S/C10H15NO5/c1-3-15-9(13)7-5-6-8(12)11(7)10(14)16-4-2/h7H,3-6H2,1-2H3/t7-/m0/s1. The van der Waals surface area contributed by atoms with Gasteiger partial charge in [0.1, 0.15) is 6.04 Å². The van der Waals surface area contributed by atoms with Gasteiger partial charge < -0.3 is 9.47 Å². The van der Waals surface area contributed by atoms with Gasteiger partial charge in [0.25, 0.3) is 0 Å². The fraction of sp³-hybridized carbons (Fsp3) is 0.700. The number of nitrogens with zero attached hydrogens (tertiary/aromatic N) is 1. The van der Waals surface area contributed by atoms with Crippen LogP contribution in [0, 0.1) is 0 Å². The van der Waals surface area contributed by atoms with E-state index >= 15 is 0 Å². The quantitative estimate of drug-likeness (QED) is 0.666. The Hall–Kier alpha value is -1.59. The molecular formula is C10H15NO5. The molecule has 0 aromatic carbocycles. The van der Waals surface area contributed by atoms with Crippen LogP contribution >= 0.6 is 0 Å². The topological polar surface area (TPSA) is 72.9 Å². The van der Waals surface area contributed by atoms with Crippen LogP contribution in [0.15, 0.2) is 0 Å². The molecule has 6 heteroatoms. The van der Waals surface area contributed by atoms with Crippen LogP contribution in [0.1, 0.15) is 26.7 Å². The first kappa shape index (κ1) is 12.5. The molecule has 6 nitrogen and oxygen atoms in total. The SMILES string of the molecule is CCOC(=O)[C@@H]1CCC(=O)N1C(=O)OCC. The van der Waals surface area contributed by atoms with Crippen molar-refractivity contribution in [2.24, 2.45) is 0 Å². The first-order chi connectivity index (χ1) is 7.61. The van der Waals surface area contributed by atoms with Gasteiger partial charge in [-0.15, -0.1) is 0 Å². The molecule has 0 spiro atoms. The highest BCUT2D eigenvalue weighted by Crippen LogP contribution is 2.20. The van der Waals surface area contributed by atoms with Crippen molar-refractivity contribution in [2.45, 2.75) is 32.7 Å². The molecule has 16 heavy (non-hydrogen) atoms. The summed E-state index contributed by atoms with van der Waals surface area (Å²) in [6.45, 7) is 3.69. The van der Waals surface area contributed by atoms with Gasteiger partial charge in [-0.1, -0.05) is 0 Å². The maximum Gasteiger partial charge on any atom is 0.417 e. The van der Waals surface area contributed by atoms with Crippen molar-refractivity contribution >= 4 is 18.0 Å². The first-order valence-corrected chi connectivity index (χ1v) is 5.27. The van der Waals surface area contributed by atoms with Crippen molar-refractivity contribution in [2.75, 3.05) is 13.2 Å². The Balaban J connectivity index is 2.73. The van der Waals surface area contributed by atoms with Crippen LogP contribution in [0.3, 0.4) is 0 Å². The molecular weight excluding hydrogens is 214 g/mol. The molecule has 0 aliphatic carbocycles. The zero-order valence-corrected chi connectivity index (χ0v) is 9.39. The van der Waals surface area contributed by atoms with Gasteiger partial charge in [0.15, 0.2) is 0 Å². The Morgan fingerprint density at radius 1 is 1.31 bits per heavy atom. The summed E-state index contributed by atoms with van der Waals surface area (Å²) in [5, 5.41) is 0.